The highest BCUT2D eigenvalue weighted by Gasteiger charge is 2.24. The molecule has 1 saturated heterocycles. The zero-order valence-electron chi connectivity index (χ0n) is 13.5. The van der Waals surface area contributed by atoms with Gasteiger partial charge in [-0.2, -0.15) is 0 Å². The molecule has 118 valence electrons. The second-order valence-corrected chi connectivity index (χ2v) is 6.93. The smallest absolute Gasteiger partial charge is 0.143 e. The molecule has 1 fully saturated rings. The Balaban J connectivity index is 2.20. The van der Waals surface area contributed by atoms with Gasteiger partial charge in [-0.05, 0) is 43.1 Å². The van der Waals surface area contributed by atoms with E-state index in [4.69, 9.17) is 9.97 Å². The van der Waals surface area contributed by atoms with E-state index < -0.39 is 0 Å². The maximum absolute atomic E-state index is 4.82. The third-order valence-corrected chi connectivity index (χ3v) is 5.22. The molecule has 0 spiro atoms. The molecule has 0 aromatic carbocycles. The minimum atomic E-state index is 0.503. The van der Waals surface area contributed by atoms with Crippen molar-refractivity contribution in [3.05, 3.63) is 15.1 Å². The Labute approximate surface area is 141 Å². The van der Waals surface area contributed by atoms with Crippen molar-refractivity contribution in [2.45, 2.75) is 32.2 Å². The number of likely N-dealkylation sites (N-methyl/N-ethyl adjacent to an activating group) is 2. The van der Waals surface area contributed by atoms with Gasteiger partial charge in [0.1, 0.15) is 11.6 Å². The molecule has 2 heterocycles. The molecule has 0 radical (unpaired) electrons. The van der Waals surface area contributed by atoms with Gasteiger partial charge in [0, 0.05) is 39.1 Å². The van der Waals surface area contributed by atoms with Gasteiger partial charge in [0.15, 0.2) is 0 Å². The van der Waals surface area contributed by atoms with Crippen molar-refractivity contribution >= 4 is 28.4 Å². The first-order valence-corrected chi connectivity index (χ1v) is 8.74. The van der Waals surface area contributed by atoms with Gasteiger partial charge in [-0.1, -0.05) is 13.3 Å². The lowest BCUT2D eigenvalue weighted by atomic mass is 10.1. The molecule has 0 bridgehead atoms. The van der Waals surface area contributed by atoms with Gasteiger partial charge in [0.05, 0.1) is 9.26 Å². The van der Waals surface area contributed by atoms with E-state index in [1.807, 2.05) is 7.05 Å². The van der Waals surface area contributed by atoms with E-state index in [9.17, 15) is 0 Å². The molecular formula is C15H26IN5. The van der Waals surface area contributed by atoms with Crippen molar-refractivity contribution in [3.8, 4) is 0 Å². The van der Waals surface area contributed by atoms with Crippen LogP contribution in [0, 0.1) is 3.57 Å². The van der Waals surface area contributed by atoms with Crippen molar-refractivity contribution in [3.63, 3.8) is 0 Å². The van der Waals surface area contributed by atoms with Gasteiger partial charge in [-0.15, -0.1) is 0 Å². The molecule has 1 aliphatic rings. The van der Waals surface area contributed by atoms with E-state index in [0.717, 1.165) is 54.1 Å². The van der Waals surface area contributed by atoms with E-state index in [1.165, 1.54) is 5.69 Å². The van der Waals surface area contributed by atoms with Crippen LogP contribution >= 0.6 is 22.6 Å². The molecule has 1 aromatic rings. The lowest BCUT2D eigenvalue weighted by molar-refractivity contribution is 0.113. The number of nitrogens with one attached hydrogen (secondary N) is 1. The second-order valence-electron chi connectivity index (χ2n) is 5.85. The molecule has 2 rings (SSSR count). The summed E-state index contributed by atoms with van der Waals surface area (Å²) in [5.74, 6) is 1.94. The number of rotatable bonds is 5. The molecule has 6 heteroatoms. The van der Waals surface area contributed by atoms with Crippen LogP contribution in [0.1, 0.15) is 24.9 Å². The van der Waals surface area contributed by atoms with Gasteiger partial charge in [0.2, 0.25) is 0 Å². The monoisotopic (exact) mass is 403 g/mol. The van der Waals surface area contributed by atoms with Crippen LogP contribution in [0.15, 0.2) is 0 Å². The Morgan fingerprint density at radius 2 is 2.05 bits per heavy atom. The summed E-state index contributed by atoms with van der Waals surface area (Å²) in [6.45, 7) is 5.54. The standard InChI is InChI=1S/C15H26IN5/c1-5-6-12-14(16)15(17-2)19-13(18-12)9-11-10-20(3)7-8-21(11)4/h11H,5-10H2,1-4H3,(H,17,18,19). The largest absolute Gasteiger partial charge is 0.372 e. The topological polar surface area (TPSA) is 44.3 Å². The number of hydrogen-bond acceptors (Lipinski definition) is 5. The van der Waals surface area contributed by atoms with Gasteiger partial charge < -0.3 is 15.1 Å². The zero-order chi connectivity index (χ0) is 15.4. The van der Waals surface area contributed by atoms with Gasteiger partial charge in [-0.3, -0.25) is 0 Å². The second kappa shape index (κ2) is 7.69. The van der Waals surface area contributed by atoms with Crippen LogP contribution in [0.3, 0.4) is 0 Å². The van der Waals surface area contributed by atoms with Crippen molar-refractivity contribution in [1.29, 1.82) is 0 Å². The van der Waals surface area contributed by atoms with Crippen LogP contribution in [0.25, 0.3) is 0 Å². The highest BCUT2D eigenvalue weighted by atomic mass is 127. The minimum absolute atomic E-state index is 0.503. The molecule has 0 aliphatic carbocycles. The van der Waals surface area contributed by atoms with E-state index >= 15 is 0 Å². The summed E-state index contributed by atoms with van der Waals surface area (Å²) in [7, 11) is 6.33. The zero-order valence-corrected chi connectivity index (χ0v) is 15.6. The molecule has 1 N–H and O–H groups in total. The SMILES string of the molecule is CCCc1nc(CC2CN(C)CCN2C)nc(NC)c1I. The molecule has 0 amide bonds. The van der Waals surface area contributed by atoms with Crippen LogP contribution in [0.2, 0.25) is 0 Å². The van der Waals surface area contributed by atoms with Gasteiger partial charge >= 0.3 is 0 Å². The molecule has 1 aromatic heterocycles. The molecule has 1 atom stereocenters. The molecule has 5 nitrogen and oxygen atoms in total. The Morgan fingerprint density at radius 3 is 2.71 bits per heavy atom. The quantitative estimate of drug-likeness (QED) is 0.761. The number of halogens is 1. The molecule has 0 saturated carbocycles. The Hall–Kier alpha value is -0.470. The van der Waals surface area contributed by atoms with E-state index in [2.05, 4.69) is 58.7 Å². The predicted molar refractivity (Wildman–Crippen MR) is 95.9 cm³/mol. The summed E-state index contributed by atoms with van der Waals surface area (Å²) in [6.07, 6.45) is 3.05. The third kappa shape index (κ3) is 4.26. The normalized spacial score (nSPS) is 20.7. The van der Waals surface area contributed by atoms with E-state index in [-0.39, 0.29) is 0 Å². The van der Waals surface area contributed by atoms with Crippen LogP contribution in [0.5, 0.6) is 0 Å². The fourth-order valence-corrected chi connectivity index (χ4v) is 3.52. The highest BCUT2D eigenvalue weighted by molar-refractivity contribution is 14.1. The van der Waals surface area contributed by atoms with Crippen LogP contribution < -0.4 is 5.32 Å². The number of anilines is 1. The fraction of sp³-hybridized carbons (Fsp3) is 0.733. The average Bonchev–Trinajstić information content (AvgIpc) is 2.46. The first kappa shape index (κ1) is 16.9. The Morgan fingerprint density at radius 1 is 1.29 bits per heavy atom. The van der Waals surface area contributed by atoms with Crippen molar-refractivity contribution in [2.24, 2.45) is 0 Å². The minimum Gasteiger partial charge on any atom is -0.372 e. The maximum Gasteiger partial charge on any atom is 0.143 e. The Kier molecular flexibility index (Phi) is 6.19. The average molecular weight is 403 g/mol. The van der Waals surface area contributed by atoms with Crippen LogP contribution in [-0.4, -0.2) is 66.6 Å². The number of hydrogen-bond donors (Lipinski definition) is 1. The fourth-order valence-electron chi connectivity index (χ4n) is 2.74. The van der Waals surface area contributed by atoms with E-state index in [1.54, 1.807) is 0 Å². The van der Waals surface area contributed by atoms with Crippen LogP contribution in [-0.2, 0) is 12.8 Å². The molecule has 1 unspecified atom stereocenters. The van der Waals surface area contributed by atoms with Gasteiger partial charge in [-0.25, -0.2) is 9.97 Å². The summed E-state index contributed by atoms with van der Waals surface area (Å²) >= 11 is 2.35. The summed E-state index contributed by atoms with van der Waals surface area (Å²) < 4.78 is 1.16. The summed E-state index contributed by atoms with van der Waals surface area (Å²) in [6, 6.07) is 0.503. The first-order valence-electron chi connectivity index (χ1n) is 7.67. The van der Waals surface area contributed by atoms with Crippen molar-refractivity contribution in [2.75, 3.05) is 46.1 Å². The maximum atomic E-state index is 4.82. The first-order chi connectivity index (χ1) is 10.0. The van der Waals surface area contributed by atoms with Crippen LogP contribution in [0.4, 0.5) is 5.82 Å². The van der Waals surface area contributed by atoms with Gasteiger partial charge in [0.25, 0.3) is 0 Å². The number of aromatic nitrogens is 2. The van der Waals surface area contributed by atoms with Crippen molar-refractivity contribution < 1.29 is 0 Å². The number of aryl methyl sites for hydroxylation is 1. The summed E-state index contributed by atoms with van der Waals surface area (Å²) in [5, 5.41) is 3.21. The van der Waals surface area contributed by atoms with Crippen molar-refractivity contribution in [1.82, 2.24) is 19.8 Å². The molecule has 21 heavy (non-hydrogen) atoms. The lowest BCUT2D eigenvalue weighted by Crippen LogP contribution is -2.51. The molecular weight excluding hydrogens is 377 g/mol. The highest BCUT2D eigenvalue weighted by Crippen LogP contribution is 2.21. The number of nitrogens with zero attached hydrogens (tertiary/aromatic N) is 4. The number of piperazine rings is 1. The lowest BCUT2D eigenvalue weighted by Gasteiger charge is -2.37. The third-order valence-electron chi connectivity index (χ3n) is 4.09. The van der Waals surface area contributed by atoms with E-state index in [0.29, 0.717) is 6.04 Å². The summed E-state index contributed by atoms with van der Waals surface area (Å²) in [5.41, 5.74) is 1.18. The Bertz CT molecular complexity index is 479. The summed E-state index contributed by atoms with van der Waals surface area (Å²) in [4.78, 5) is 14.4. The molecule has 1 aliphatic heterocycles. The predicted octanol–water partition coefficient (Wildman–Crippen LogP) is 1.86.